The Morgan fingerprint density at radius 2 is 1.84 bits per heavy atom. The van der Waals surface area contributed by atoms with Crippen molar-refractivity contribution in [1.82, 2.24) is 15.5 Å². The number of hydrogen-bond donors (Lipinski definition) is 3. The second-order valence-corrected chi connectivity index (χ2v) is 7.57. The number of benzene rings is 2. The Balaban J connectivity index is 1.47. The van der Waals surface area contributed by atoms with Crippen LogP contribution >= 0.6 is 0 Å². The van der Waals surface area contributed by atoms with Gasteiger partial charge in [0.15, 0.2) is 11.5 Å². The van der Waals surface area contributed by atoms with E-state index >= 15 is 0 Å². The fourth-order valence-electron chi connectivity index (χ4n) is 3.41. The van der Waals surface area contributed by atoms with Gasteiger partial charge in [-0.3, -0.25) is 14.4 Å². The molecule has 0 saturated carbocycles. The molecule has 1 aromatic heterocycles. The molecule has 0 saturated heterocycles. The average Bonchev–Trinajstić information content (AvgIpc) is 3.22. The Hall–Kier alpha value is -3.88. The highest BCUT2D eigenvalue weighted by atomic mass is 16.7. The molecule has 1 atom stereocenters. The van der Waals surface area contributed by atoms with Gasteiger partial charge < -0.3 is 20.1 Å². The monoisotopic (exact) mass is 422 g/mol. The summed E-state index contributed by atoms with van der Waals surface area (Å²) >= 11 is 0. The third-order valence-electron chi connectivity index (χ3n) is 5.01. The number of rotatable bonds is 6. The number of anilines is 1. The Labute approximate surface area is 177 Å². The van der Waals surface area contributed by atoms with Crippen molar-refractivity contribution in [2.75, 3.05) is 12.1 Å². The first kappa shape index (κ1) is 20.4. The molecule has 9 heteroatoms. The minimum atomic E-state index is -0.757. The predicted octanol–water partition coefficient (Wildman–Crippen LogP) is 1.97. The van der Waals surface area contributed by atoms with Crippen LogP contribution in [-0.4, -0.2) is 34.8 Å². The van der Waals surface area contributed by atoms with E-state index in [-0.39, 0.29) is 36.5 Å². The largest absolute Gasteiger partial charge is 0.454 e. The second kappa shape index (κ2) is 8.47. The van der Waals surface area contributed by atoms with Crippen molar-refractivity contribution in [1.29, 1.82) is 0 Å². The third kappa shape index (κ3) is 4.35. The number of H-pyrrole nitrogens is 1. The molecule has 0 spiro atoms. The molecular formula is C22H22N4O5. The normalized spacial score (nSPS) is 13.3. The van der Waals surface area contributed by atoms with Crippen LogP contribution in [0.15, 0.2) is 47.3 Å². The van der Waals surface area contributed by atoms with E-state index in [1.807, 2.05) is 13.8 Å². The van der Waals surface area contributed by atoms with E-state index in [0.717, 1.165) is 0 Å². The summed E-state index contributed by atoms with van der Waals surface area (Å²) in [5.74, 6) is 0.301. The predicted molar refractivity (Wildman–Crippen MR) is 114 cm³/mol. The molecule has 2 heterocycles. The molecule has 1 unspecified atom stereocenters. The van der Waals surface area contributed by atoms with Crippen LogP contribution in [0.25, 0.3) is 10.8 Å². The zero-order valence-electron chi connectivity index (χ0n) is 17.1. The number of carbonyl (C=O) groups is 2. The molecule has 0 radical (unpaired) electrons. The van der Waals surface area contributed by atoms with Crippen LogP contribution in [-0.2, 0) is 16.0 Å². The maximum atomic E-state index is 12.8. The summed E-state index contributed by atoms with van der Waals surface area (Å²) in [6.07, 6.45) is -0.0716. The van der Waals surface area contributed by atoms with Crippen molar-refractivity contribution in [3.8, 4) is 11.5 Å². The lowest BCUT2D eigenvalue weighted by molar-refractivity contribution is -0.127. The highest BCUT2D eigenvalue weighted by Gasteiger charge is 2.25. The van der Waals surface area contributed by atoms with Crippen LogP contribution in [0.4, 0.5) is 5.69 Å². The van der Waals surface area contributed by atoms with E-state index in [4.69, 9.17) is 9.47 Å². The molecule has 4 rings (SSSR count). The average molecular weight is 422 g/mol. The SMILES string of the molecule is CC(C)C(NC(=O)Cc1n[nH]c(=O)c2ccccc12)C(=O)Nc1ccc2c(c1)OCO2. The number of nitrogens with one attached hydrogen (secondary N) is 3. The van der Waals surface area contributed by atoms with Crippen LogP contribution in [0.1, 0.15) is 19.5 Å². The van der Waals surface area contributed by atoms with Crippen LogP contribution < -0.4 is 25.7 Å². The lowest BCUT2D eigenvalue weighted by Crippen LogP contribution is -2.47. The minimum Gasteiger partial charge on any atom is -0.454 e. The van der Waals surface area contributed by atoms with E-state index in [0.29, 0.717) is 33.7 Å². The molecule has 2 aromatic carbocycles. The maximum absolute atomic E-state index is 12.8. The van der Waals surface area contributed by atoms with Gasteiger partial charge >= 0.3 is 0 Å². The molecule has 0 aliphatic carbocycles. The van der Waals surface area contributed by atoms with Crippen LogP contribution in [0, 0.1) is 5.92 Å². The van der Waals surface area contributed by atoms with Crippen LogP contribution in [0.5, 0.6) is 11.5 Å². The zero-order chi connectivity index (χ0) is 22.0. The van der Waals surface area contributed by atoms with E-state index in [1.165, 1.54) is 0 Å². The molecule has 0 bridgehead atoms. The van der Waals surface area contributed by atoms with E-state index in [2.05, 4.69) is 20.8 Å². The molecule has 3 aromatic rings. The first-order valence-electron chi connectivity index (χ1n) is 9.88. The molecule has 1 aliphatic heterocycles. The summed E-state index contributed by atoms with van der Waals surface area (Å²) in [5.41, 5.74) is 0.664. The van der Waals surface area contributed by atoms with Gasteiger partial charge in [0.05, 0.1) is 17.5 Å². The molecule has 3 N–H and O–H groups in total. The number of carbonyl (C=O) groups excluding carboxylic acids is 2. The van der Waals surface area contributed by atoms with E-state index < -0.39 is 6.04 Å². The summed E-state index contributed by atoms with van der Waals surface area (Å²) in [7, 11) is 0. The fraction of sp³-hybridized carbons (Fsp3) is 0.273. The number of nitrogens with zero attached hydrogens (tertiary/aromatic N) is 1. The van der Waals surface area contributed by atoms with Crippen LogP contribution in [0.2, 0.25) is 0 Å². The second-order valence-electron chi connectivity index (χ2n) is 7.57. The maximum Gasteiger partial charge on any atom is 0.272 e. The molecule has 9 nitrogen and oxygen atoms in total. The molecular weight excluding hydrogens is 400 g/mol. The summed E-state index contributed by atoms with van der Waals surface area (Å²) in [6, 6.07) is 11.3. The summed E-state index contributed by atoms with van der Waals surface area (Å²) in [4.78, 5) is 37.5. The first-order valence-corrected chi connectivity index (χ1v) is 9.88. The summed E-state index contributed by atoms with van der Waals surface area (Å²) < 4.78 is 10.6. The van der Waals surface area contributed by atoms with Gasteiger partial charge in [0.25, 0.3) is 5.56 Å². The Kier molecular flexibility index (Phi) is 5.57. The summed E-state index contributed by atoms with van der Waals surface area (Å²) in [6.45, 7) is 3.83. The van der Waals surface area contributed by atoms with Gasteiger partial charge in [0.1, 0.15) is 6.04 Å². The Bertz CT molecular complexity index is 1200. The van der Waals surface area contributed by atoms with Crippen molar-refractivity contribution in [2.24, 2.45) is 5.92 Å². The zero-order valence-corrected chi connectivity index (χ0v) is 17.1. The quantitative estimate of drug-likeness (QED) is 0.558. The van der Waals surface area contributed by atoms with Gasteiger partial charge in [0.2, 0.25) is 18.6 Å². The van der Waals surface area contributed by atoms with Crippen LogP contribution in [0.3, 0.4) is 0 Å². The lowest BCUT2D eigenvalue weighted by atomic mass is 10.0. The number of hydrogen-bond acceptors (Lipinski definition) is 6. The Morgan fingerprint density at radius 3 is 2.61 bits per heavy atom. The molecule has 1 aliphatic rings. The van der Waals surface area contributed by atoms with E-state index in [9.17, 15) is 14.4 Å². The molecule has 0 fully saturated rings. The Morgan fingerprint density at radius 1 is 1.10 bits per heavy atom. The van der Waals surface area contributed by atoms with Gasteiger partial charge in [-0.15, -0.1) is 0 Å². The van der Waals surface area contributed by atoms with Crippen molar-refractivity contribution in [3.63, 3.8) is 0 Å². The van der Waals surface area contributed by atoms with Gasteiger partial charge in [-0.2, -0.15) is 5.10 Å². The highest BCUT2D eigenvalue weighted by molar-refractivity contribution is 5.98. The summed E-state index contributed by atoms with van der Waals surface area (Å²) in [5, 5.41) is 13.1. The standard InChI is InChI=1S/C22H22N4O5/c1-12(2)20(22(29)23-13-7-8-17-18(9-13)31-11-30-17)24-19(27)10-16-14-5-3-4-6-15(14)21(28)26-25-16/h3-9,12,20H,10-11H2,1-2H3,(H,23,29)(H,24,27)(H,26,28). The van der Waals surface area contributed by atoms with E-state index in [1.54, 1.807) is 42.5 Å². The van der Waals surface area contributed by atoms with Crippen molar-refractivity contribution < 1.29 is 19.1 Å². The third-order valence-corrected chi connectivity index (χ3v) is 5.01. The topological polar surface area (TPSA) is 122 Å². The van der Waals surface area contributed by atoms with Gasteiger partial charge in [0, 0.05) is 17.1 Å². The van der Waals surface area contributed by atoms with Crippen molar-refractivity contribution in [3.05, 3.63) is 58.5 Å². The fourth-order valence-corrected chi connectivity index (χ4v) is 3.41. The molecule has 2 amide bonds. The smallest absolute Gasteiger partial charge is 0.272 e. The lowest BCUT2D eigenvalue weighted by Gasteiger charge is -2.22. The molecule has 31 heavy (non-hydrogen) atoms. The number of amides is 2. The van der Waals surface area contributed by atoms with Crippen molar-refractivity contribution in [2.45, 2.75) is 26.3 Å². The number of aromatic nitrogens is 2. The van der Waals surface area contributed by atoms with Crippen molar-refractivity contribution >= 4 is 28.3 Å². The van der Waals surface area contributed by atoms with Gasteiger partial charge in [-0.05, 0) is 24.1 Å². The van der Waals surface area contributed by atoms with Gasteiger partial charge in [-0.25, -0.2) is 5.10 Å². The molecule has 160 valence electrons. The number of aromatic amines is 1. The van der Waals surface area contributed by atoms with Gasteiger partial charge in [-0.1, -0.05) is 32.0 Å². The highest BCUT2D eigenvalue weighted by Crippen LogP contribution is 2.34. The number of ether oxygens (including phenoxy) is 2. The minimum absolute atomic E-state index is 0.0716. The first-order chi connectivity index (χ1) is 14.9. The number of fused-ring (bicyclic) bond motifs is 2.